The van der Waals surface area contributed by atoms with Crippen LogP contribution in [0.2, 0.25) is 0 Å². The van der Waals surface area contributed by atoms with E-state index < -0.39 is 12.0 Å². The number of carboxylic acid groups (broad SMARTS) is 1. The summed E-state index contributed by atoms with van der Waals surface area (Å²) >= 11 is 0. The highest BCUT2D eigenvalue weighted by atomic mass is 16.4. The topological polar surface area (TPSA) is 98.7 Å². The fourth-order valence-electron chi connectivity index (χ4n) is 3.05. The number of hydrogen-bond acceptors (Lipinski definition) is 3. The molecule has 1 aliphatic heterocycles. The summed E-state index contributed by atoms with van der Waals surface area (Å²) in [5.74, 6) is -1.33. The van der Waals surface area contributed by atoms with Crippen molar-refractivity contribution in [2.24, 2.45) is 0 Å². The van der Waals surface area contributed by atoms with Gasteiger partial charge in [0.2, 0.25) is 5.91 Å². The first kappa shape index (κ1) is 18.8. The van der Waals surface area contributed by atoms with Crippen molar-refractivity contribution in [2.45, 2.75) is 52.6 Å². The zero-order chi connectivity index (χ0) is 18.7. The molecule has 1 atom stereocenters. The second-order valence-corrected chi connectivity index (χ2v) is 6.73. The normalized spacial score (nSPS) is 16.8. The number of rotatable bonds is 4. The van der Waals surface area contributed by atoms with Crippen LogP contribution in [0, 0.1) is 13.8 Å². The number of carboxylic acids is 1. The summed E-state index contributed by atoms with van der Waals surface area (Å²) in [6.07, 6.45) is 1.35. The summed E-state index contributed by atoms with van der Waals surface area (Å²) in [5, 5.41) is 14.8. The molecule has 0 aliphatic carbocycles. The monoisotopic (exact) mass is 347 g/mol. The Bertz CT molecular complexity index is 700. The lowest BCUT2D eigenvalue weighted by Crippen LogP contribution is -2.49. The third kappa shape index (κ3) is 4.29. The molecule has 1 aliphatic rings. The van der Waals surface area contributed by atoms with Crippen LogP contribution in [0.3, 0.4) is 0 Å². The SMILES string of the molecule is Cc1cc(C)c(C(=O)O)cc1NC(=O)[C@@H]1CCCN1C(=O)NC(C)C. The average molecular weight is 347 g/mol. The number of carbonyl (C=O) groups excluding carboxylic acids is 2. The molecule has 1 fully saturated rings. The van der Waals surface area contributed by atoms with Crippen LogP contribution in [0.15, 0.2) is 12.1 Å². The van der Waals surface area contributed by atoms with Gasteiger partial charge in [0.15, 0.2) is 0 Å². The molecule has 0 saturated carbocycles. The van der Waals surface area contributed by atoms with Crippen molar-refractivity contribution in [3.8, 4) is 0 Å². The van der Waals surface area contributed by atoms with Gasteiger partial charge in [-0.1, -0.05) is 6.07 Å². The van der Waals surface area contributed by atoms with Gasteiger partial charge in [-0.15, -0.1) is 0 Å². The standard InChI is InChI=1S/C18H25N3O4/c1-10(2)19-18(25)21-7-5-6-15(21)16(22)20-14-9-13(17(23)24)11(3)8-12(14)4/h8-10,15H,5-7H2,1-4H3,(H,19,25)(H,20,22)(H,23,24)/t15-/m0/s1. The van der Waals surface area contributed by atoms with Gasteiger partial charge in [-0.05, 0) is 57.7 Å². The summed E-state index contributed by atoms with van der Waals surface area (Å²) < 4.78 is 0. The van der Waals surface area contributed by atoms with Gasteiger partial charge in [-0.2, -0.15) is 0 Å². The van der Waals surface area contributed by atoms with Crippen molar-refractivity contribution in [1.82, 2.24) is 10.2 Å². The van der Waals surface area contributed by atoms with E-state index in [9.17, 15) is 19.5 Å². The third-order valence-corrected chi connectivity index (χ3v) is 4.29. The lowest BCUT2D eigenvalue weighted by atomic mass is 10.0. The molecule has 7 nitrogen and oxygen atoms in total. The van der Waals surface area contributed by atoms with E-state index in [1.165, 1.54) is 11.0 Å². The van der Waals surface area contributed by atoms with Gasteiger partial charge in [0.25, 0.3) is 0 Å². The van der Waals surface area contributed by atoms with E-state index in [2.05, 4.69) is 10.6 Å². The van der Waals surface area contributed by atoms with Crippen LogP contribution in [0.25, 0.3) is 0 Å². The molecule has 3 amide bonds. The first-order chi connectivity index (χ1) is 11.7. The minimum Gasteiger partial charge on any atom is -0.478 e. The second-order valence-electron chi connectivity index (χ2n) is 6.73. The number of hydrogen-bond donors (Lipinski definition) is 3. The zero-order valence-electron chi connectivity index (χ0n) is 15.0. The number of carbonyl (C=O) groups is 3. The van der Waals surface area contributed by atoms with Crippen LogP contribution >= 0.6 is 0 Å². The number of benzene rings is 1. The number of aromatic carboxylic acids is 1. The molecule has 136 valence electrons. The number of likely N-dealkylation sites (tertiary alicyclic amines) is 1. The van der Waals surface area contributed by atoms with Crippen molar-refractivity contribution in [3.63, 3.8) is 0 Å². The molecule has 0 radical (unpaired) electrons. The first-order valence-corrected chi connectivity index (χ1v) is 8.43. The molecule has 0 aromatic heterocycles. The predicted molar refractivity (Wildman–Crippen MR) is 94.9 cm³/mol. The molecular weight excluding hydrogens is 322 g/mol. The van der Waals surface area contributed by atoms with Crippen LogP contribution < -0.4 is 10.6 Å². The minimum absolute atomic E-state index is 0.00530. The van der Waals surface area contributed by atoms with Gasteiger partial charge in [-0.3, -0.25) is 4.79 Å². The molecule has 2 rings (SSSR count). The summed E-state index contributed by atoms with van der Waals surface area (Å²) in [7, 11) is 0. The Morgan fingerprint density at radius 3 is 2.48 bits per heavy atom. The van der Waals surface area contributed by atoms with E-state index >= 15 is 0 Å². The Morgan fingerprint density at radius 2 is 1.88 bits per heavy atom. The van der Waals surface area contributed by atoms with Crippen LogP contribution in [-0.2, 0) is 4.79 Å². The molecule has 3 N–H and O–H groups in total. The predicted octanol–water partition coefficient (Wildman–Crippen LogP) is 2.52. The number of aryl methyl sites for hydroxylation is 2. The van der Waals surface area contributed by atoms with E-state index in [-0.39, 0.29) is 23.5 Å². The smallest absolute Gasteiger partial charge is 0.336 e. The molecule has 0 spiro atoms. The van der Waals surface area contributed by atoms with E-state index in [0.29, 0.717) is 24.2 Å². The fraction of sp³-hybridized carbons (Fsp3) is 0.500. The molecule has 25 heavy (non-hydrogen) atoms. The molecule has 1 aromatic carbocycles. The van der Waals surface area contributed by atoms with Crippen LogP contribution in [0.4, 0.5) is 10.5 Å². The Hall–Kier alpha value is -2.57. The van der Waals surface area contributed by atoms with Crippen LogP contribution in [-0.4, -0.2) is 46.5 Å². The van der Waals surface area contributed by atoms with Gasteiger partial charge in [0.05, 0.1) is 5.56 Å². The highest BCUT2D eigenvalue weighted by Gasteiger charge is 2.34. The fourth-order valence-corrected chi connectivity index (χ4v) is 3.05. The molecule has 7 heteroatoms. The van der Waals surface area contributed by atoms with Crippen molar-refractivity contribution in [1.29, 1.82) is 0 Å². The van der Waals surface area contributed by atoms with E-state index in [4.69, 9.17) is 0 Å². The van der Waals surface area contributed by atoms with Gasteiger partial charge in [0, 0.05) is 18.3 Å². The van der Waals surface area contributed by atoms with Crippen molar-refractivity contribution >= 4 is 23.6 Å². The number of nitrogens with one attached hydrogen (secondary N) is 2. The van der Waals surface area contributed by atoms with Crippen LogP contribution in [0.1, 0.15) is 48.2 Å². The number of anilines is 1. The molecular formula is C18H25N3O4. The van der Waals surface area contributed by atoms with Crippen molar-refractivity contribution in [3.05, 3.63) is 28.8 Å². The number of nitrogens with zero attached hydrogens (tertiary/aromatic N) is 1. The maximum absolute atomic E-state index is 12.7. The van der Waals surface area contributed by atoms with Crippen molar-refractivity contribution < 1.29 is 19.5 Å². The molecule has 0 unspecified atom stereocenters. The molecule has 1 heterocycles. The number of urea groups is 1. The Balaban J connectivity index is 2.17. The summed E-state index contributed by atoms with van der Waals surface area (Å²) in [4.78, 5) is 37.7. The maximum atomic E-state index is 12.7. The summed E-state index contributed by atoms with van der Waals surface area (Å²) in [5.41, 5.74) is 2.04. The molecule has 1 saturated heterocycles. The van der Waals surface area contributed by atoms with Gasteiger partial charge in [0.1, 0.15) is 6.04 Å². The highest BCUT2D eigenvalue weighted by molar-refractivity contribution is 5.99. The molecule has 0 bridgehead atoms. The molecule has 1 aromatic rings. The van der Waals surface area contributed by atoms with E-state index in [1.807, 2.05) is 20.8 Å². The minimum atomic E-state index is -1.04. The maximum Gasteiger partial charge on any atom is 0.336 e. The zero-order valence-corrected chi connectivity index (χ0v) is 15.0. The van der Waals surface area contributed by atoms with Crippen LogP contribution in [0.5, 0.6) is 0 Å². The summed E-state index contributed by atoms with van der Waals surface area (Å²) in [6.45, 7) is 7.80. The lowest BCUT2D eigenvalue weighted by molar-refractivity contribution is -0.119. The Labute approximate surface area is 147 Å². The van der Waals surface area contributed by atoms with Gasteiger partial charge >= 0.3 is 12.0 Å². The quantitative estimate of drug-likeness (QED) is 0.779. The van der Waals surface area contributed by atoms with Crippen molar-refractivity contribution in [2.75, 3.05) is 11.9 Å². The van der Waals surface area contributed by atoms with E-state index in [0.717, 1.165) is 12.0 Å². The second kappa shape index (κ2) is 7.55. The summed E-state index contributed by atoms with van der Waals surface area (Å²) in [6, 6.07) is 2.40. The third-order valence-electron chi connectivity index (χ3n) is 4.29. The highest BCUT2D eigenvalue weighted by Crippen LogP contribution is 2.24. The largest absolute Gasteiger partial charge is 0.478 e. The van der Waals surface area contributed by atoms with Gasteiger partial charge < -0.3 is 20.6 Å². The Morgan fingerprint density at radius 1 is 1.20 bits per heavy atom. The lowest BCUT2D eigenvalue weighted by Gasteiger charge is -2.25. The first-order valence-electron chi connectivity index (χ1n) is 8.43. The van der Waals surface area contributed by atoms with E-state index in [1.54, 1.807) is 13.0 Å². The average Bonchev–Trinajstić information content (AvgIpc) is 2.98. The Kier molecular flexibility index (Phi) is 5.66. The van der Waals surface area contributed by atoms with Gasteiger partial charge in [-0.25, -0.2) is 9.59 Å². The number of amides is 3.